The Morgan fingerprint density at radius 1 is 0.932 bits per heavy atom. The summed E-state index contributed by atoms with van der Waals surface area (Å²) in [6.45, 7) is 2.96. The van der Waals surface area contributed by atoms with Crippen molar-refractivity contribution in [2.75, 3.05) is 19.8 Å². The van der Waals surface area contributed by atoms with E-state index in [1.807, 2.05) is 30.3 Å². The van der Waals surface area contributed by atoms with E-state index in [4.69, 9.17) is 9.47 Å². The van der Waals surface area contributed by atoms with E-state index in [2.05, 4.69) is 10.6 Å². The molecule has 0 fully saturated rings. The van der Waals surface area contributed by atoms with Crippen LogP contribution in [0, 0.1) is 10.1 Å². The number of nitrogens with zero attached hydrogens (tertiary/aromatic N) is 1. The second kappa shape index (κ2) is 14.5. The average Bonchev–Trinajstić information content (AvgIpc) is 3.01. The number of benzene rings is 3. The maximum atomic E-state index is 13.5. The highest BCUT2D eigenvalue weighted by atomic mass is 16.6. The van der Waals surface area contributed by atoms with Gasteiger partial charge in [0.1, 0.15) is 19.0 Å². The lowest BCUT2D eigenvalue weighted by Gasteiger charge is -2.30. The van der Waals surface area contributed by atoms with Gasteiger partial charge in [-0.05, 0) is 43.2 Å². The molecule has 0 bridgehead atoms. The Hall–Kier alpha value is -5.71. The molecule has 0 spiro atoms. The Kier molecular flexibility index (Phi) is 10.3. The summed E-state index contributed by atoms with van der Waals surface area (Å²) in [4.78, 5) is 50.3. The number of allylic oxidation sites excluding steroid dienone is 2. The lowest BCUT2D eigenvalue weighted by Crippen LogP contribution is -2.34. The zero-order valence-electron chi connectivity index (χ0n) is 24.1. The summed E-state index contributed by atoms with van der Waals surface area (Å²) in [5.41, 5.74) is 2.08. The number of nitro benzene ring substituents is 1. The van der Waals surface area contributed by atoms with Crippen molar-refractivity contribution in [3.63, 3.8) is 0 Å². The van der Waals surface area contributed by atoms with Gasteiger partial charge in [0.05, 0.1) is 34.1 Å². The number of esters is 2. The highest BCUT2D eigenvalue weighted by Gasteiger charge is 2.38. The molecular weight excluding hydrogens is 566 g/mol. The number of para-hydroxylation sites is 1. The molecule has 1 amide bonds. The zero-order valence-corrected chi connectivity index (χ0v) is 24.1. The van der Waals surface area contributed by atoms with Crippen LogP contribution in [0.4, 0.5) is 5.69 Å². The van der Waals surface area contributed by atoms with Gasteiger partial charge >= 0.3 is 11.9 Å². The van der Waals surface area contributed by atoms with Crippen LogP contribution < -0.4 is 10.6 Å². The first-order valence-electron chi connectivity index (χ1n) is 13.7. The monoisotopic (exact) mass is 597 g/mol. The topological polar surface area (TPSA) is 157 Å². The van der Waals surface area contributed by atoms with Gasteiger partial charge in [0.2, 0.25) is 0 Å². The minimum absolute atomic E-state index is 0.0503. The van der Waals surface area contributed by atoms with E-state index in [0.29, 0.717) is 17.0 Å². The van der Waals surface area contributed by atoms with Gasteiger partial charge in [-0.2, -0.15) is 0 Å². The molecule has 11 nitrogen and oxygen atoms in total. The molecule has 1 aliphatic heterocycles. The summed E-state index contributed by atoms with van der Waals surface area (Å²) in [5, 5.41) is 27.1. The van der Waals surface area contributed by atoms with Gasteiger partial charge in [-0.3, -0.25) is 14.9 Å². The fourth-order valence-electron chi connectivity index (χ4n) is 4.78. The fraction of sp³-hybridized carbons (Fsp3) is 0.182. The van der Waals surface area contributed by atoms with Crippen LogP contribution in [0.2, 0.25) is 0 Å². The first-order chi connectivity index (χ1) is 21.2. The predicted octanol–water partition coefficient (Wildman–Crippen LogP) is 4.77. The number of amides is 1. The molecule has 226 valence electrons. The number of non-ortho nitro benzene ring substituents is 1. The second-order valence-corrected chi connectivity index (χ2v) is 9.81. The summed E-state index contributed by atoms with van der Waals surface area (Å²) in [7, 11) is 0. The van der Waals surface area contributed by atoms with Gasteiger partial charge in [0.25, 0.3) is 11.6 Å². The quantitative estimate of drug-likeness (QED) is 0.123. The van der Waals surface area contributed by atoms with Crippen LogP contribution in [-0.2, 0) is 19.1 Å². The molecule has 3 aromatic carbocycles. The smallest absolute Gasteiger partial charge is 0.337 e. The van der Waals surface area contributed by atoms with E-state index in [1.165, 1.54) is 30.3 Å². The number of nitro groups is 1. The van der Waals surface area contributed by atoms with Crippen molar-refractivity contribution in [2.24, 2.45) is 0 Å². The Balaban J connectivity index is 1.54. The van der Waals surface area contributed by atoms with Crippen molar-refractivity contribution in [2.45, 2.75) is 19.8 Å². The molecule has 1 heterocycles. The molecule has 3 N–H and O–H groups in total. The average molecular weight is 598 g/mol. The zero-order chi connectivity index (χ0) is 31.6. The third kappa shape index (κ3) is 7.57. The number of carbonyl (C=O) groups is 3. The van der Waals surface area contributed by atoms with Gasteiger partial charge in [0.15, 0.2) is 0 Å². The third-order valence-electron chi connectivity index (χ3n) is 6.80. The molecule has 0 radical (unpaired) electrons. The lowest BCUT2D eigenvalue weighted by atomic mass is 9.80. The lowest BCUT2D eigenvalue weighted by molar-refractivity contribution is -0.384. The summed E-state index contributed by atoms with van der Waals surface area (Å²) in [6, 6.07) is 21.2. The molecule has 44 heavy (non-hydrogen) atoms. The molecule has 1 unspecified atom stereocenters. The van der Waals surface area contributed by atoms with E-state index in [0.717, 1.165) is 5.56 Å². The Morgan fingerprint density at radius 3 is 2.27 bits per heavy atom. The molecule has 0 aromatic heterocycles. The Morgan fingerprint density at radius 2 is 1.59 bits per heavy atom. The van der Waals surface area contributed by atoms with Crippen LogP contribution >= 0.6 is 0 Å². The van der Waals surface area contributed by atoms with E-state index in [9.17, 15) is 29.6 Å². The number of hydrogen-bond acceptors (Lipinski definition) is 9. The van der Waals surface area contributed by atoms with Crippen LogP contribution in [0.25, 0.3) is 6.08 Å². The van der Waals surface area contributed by atoms with Crippen LogP contribution in [-0.4, -0.2) is 47.6 Å². The van der Waals surface area contributed by atoms with Gasteiger partial charge < -0.3 is 25.2 Å². The van der Waals surface area contributed by atoms with Crippen molar-refractivity contribution in [1.29, 1.82) is 0 Å². The molecule has 0 aliphatic carbocycles. The maximum Gasteiger partial charge on any atom is 0.337 e. The number of aromatic hydroxyl groups is 1. The molecular formula is C33H31N3O8. The summed E-state index contributed by atoms with van der Waals surface area (Å²) in [6.07, 6.45) is 3.48. The van der Waals surface area contributed by atoms with E-state index < -0.39 is 28.7 Å². The third-order valence-corrected chi connectivity index (χ3v) is 6.80. The largest absolute Gasteiger partial charge is 0.507 e. The van der Waals surface area contributed by atoms with Gasteiger partial charge in [-0.1, -0.05) is 60.7 Å². The SMILES string of the molecule is CC1=C(C(=O)OC/C=C/c2ccccc2)C(c2cccc([N+](=O)[O-])c2)C(C(=O)OCCNC(=O)c2ccccc2O)=C(C)N1. The Labute approximate surface area is 253 Å². The molecule has 1 atom stereocenters. The van der Waals surface area contributed by atoms with Crippen LogP contribution in [0.1, 0.15) is 41.3 Å². The standard InChI is InChI=1S/C33H31N3O8/c1-21-28(32(39)43-18-9-12-23-10-4-3-5-11-23)30(24-13-8-14-25(20-24)36(41)42)29(22(2)35-21)33(40)44-19-17-34-31(38)26-15-6-7-16-27(26)37/h3-16,20,30,35,37H,17-19H2,1-2H3,(H,34,38)/b12-9+. The van der Waals surface area contributed by atoms with Crippen molar-refractivity contribution < 1.29 is 33.9 Å². The molecule has 11 heteroatoms. The number of carbonyl (C=O) groups excluding carboxylic acids is 3. The van der Waals surface area contributed by atoms with Gasteiger partial charge in [-0.25, -0.2) is 9.59 Å². The predicted molar refractivity (Wildman–Crippen MR) is 162 cm³/mol. The molecule has 0 saturated heterocycles. The first kappa shape index (κ1) is 31.2. The van der Waals surface area contributed by atoms with Crippen LogP contribution in [0.15, 0.2) is 107 Å². The van der Waals surface area contributed by atoms with Crippen molar-refractivity contribution in [3.05, 3.63) is 134 Å². The fourth-order valence-corrected chi connectivity index (χ4v) is 4.78. The summed E-state index contributed by atoms with van der Waals surface area (Å²) < 4.78 is 11.0. The van der Waals surface area contributed by atoms with Crippen molar-refractivity contribution in [1.82, 2.24) is 10.6 Å². The van der Waals surface area contributed by atoms with Crippen molar-refractivity contribution in [3.8, 4) is 5.75 Å². The number of rotatable bonds is 11. The van der Waals surface area contributed by atoms with Gasteiger partial charge in [-0.15, -0.1) is 0 Å². The highest BCUT2D eigenvalue weighted by Crippen LogP contribution is 2.40. The summed E-state index contributed by atoms with van der Waals surface area (Å²) in [5.74, 6) is -3.27. The number of hydrogen-bond donors (Lipinski definition) is 3. The minimum Gasteiger partial charge on any atom is -0.507 e. The number of ether oxygens (including phenoxy) is 2. The maximum absolute atomic E-state index is 13.5. The summed E-state index contributed by atoms with van der Waals surface area (Å²) >= 11 is 0. The Bertz CT molecular complexity index is 1660. The van der Waals surface area contributed by atoms with Crippen molar-refractivity contribution >= 4 is 29.6 Å². The number of phenols is 1. The van der Waals surface area contributed by atoms with E-state index in [-0.39, 0.29) is 47.9 Å². The van der Waals surface area contributed by atoms with Crippen LogP contribution in [0.3, 0.4) is 0 Å². The number of phenolic OH excluding ortho intramolecular Hbond substituents is 1. The second-order valence-electron chi connectivity index (χ2n) is 9.81. The highest BCUT2D eigenvalue weighted by molar-refractivity contribution is 6.00. The van der Waals surface area contributed by atoms with Gasteiger partial charge in [0, 0.05) is 23.5 Å². The molecule has 3 aromatic rings. The minimum atomic E-state index is -1.04. The first-order valence-corrected chi connectivity index (χ1v) is 13.7. The molecule has 4 rings (SSSR count). The van der Waals surface area contributed by atoms with Crippen LogP contribution in [0.5, 0.6) is 5.75 Å². The van der Waals surface area contributed by atoms with E-state index in [1.54, 1.807) is 44.2 Å². The molecule has 0 saturated carbocycles. The molecule has 1 aliphatic rings. The van der Waals surface area contributed by atoms with E-state index >= 15 is 0 Å². The number of dihydropyridines is 1. The number of nitrogens with one attached hydrogen (secondary N) is 2. The normalized spacial score (nSPS) is 14.6.